The molecule has 1 atom stereocenters. The lowest BCUT2D eigenvalue weighted by molar-refractivity contribution is -0.153. The predicted molar refractivity (Wildman–Crippen MR) is 114 cm³/mol. The number of nitrogens with zero attached hydrogens (tertiary/aromatic N) is 3. The SMILES string of the molecule is CCCCCC#CC(CS(=O)(=O)N1CCN(c2ccc(Cl)cc2)CC1)N(O)C=O. The van der Waals surface area contributed by atoms with E-state index in [2.05, 4.69) is 23.7 Å². The summed E-state index contributed by atoms with van der Waals surface area (Å²) >= 11 is 5.91. The number of unbranched alkanes of at least 4 members (excludes halogenated alkanes) is 3. The first-order chi connectivity index (χ1) is 13.9. The first-order valence-electron chi connectivity index (χ1n) is 9.76. The average Bonchev–Trinajstić information content (AvgIpc) is 2.72. The fraction of sp³-hybridized carbons (Fsp3) is 0.550. The molecule has 0 aliphatic carbocycles. The van der Waals surface area contributed by atoms with Crippen LogP contribution < -0.4 is 4.90 Å². The van der Waals surface area contributed by atoms with Gasteiger partial charge in [0.15, 0.2) is 0 Å². The molecule has 29 heavy (non-hydrogen) atoms. The van der Waals surface area contributed by atoms with Gasteiger partial charge in [-0.05, 0) is 30.7 Å². The minimum Gasteiger partial charge on any atom is -0.369 e. The number of hydrogen-bond donors (Lipinski definition) is 1. The highest BCUT2D eigenvalue weighted by atomic mass is 35.5. The zero-order chi connectivity index (χ0) is 21.3. The number of carbonyl (C=O) groups is 1. The Balaban J connectivity index is 1.97. The van der Waals surface area contributed by atoms with Gasteiger partial charge in [0, 0.05) is 43.3 Å². The van der Waals surface area contributed by atoms with E-state index < -0.39 is 21.8 Å². The van der Waals surface area contributed by atoms with Crippen LogP contribution in [-0.4, -0.2) is 67.4 Å². The number of rotatable bonds is 9. The lowest BCUT2D eigenvalue weighted by atomic mass is 10.2. The summed E-state index contributed by atoms with van der Waals surface area (Å²) in [6, 6.07) is 6.35. The molecule has 160 valence electrons. The van der Waals surface area contributed by atoms with Crippen molar-refractivity contribution >= 4 is 33.7 Å². The molecule has 1 N–H and O–H groups in total. The summed E-state index contributed by atoms with van der Waals surface area (Å²) in [4.78, 5) is 13.0. The van der Waals surface area contributed by atoms with Gasteiger partial charge in [-0.1, -0.05) is 37.3 Å². The third-order valence-corrected chi connectivity index (χ3v) is 6.93. The van der Waals surface area contributed by atoms with Crippen molar-refractivity contribution in [1.82, 2.24) is 9.37 Å². The summed E-state index contributed by atoms with van der Waals surface area (Å²) in [5.41, 5.74) is 0.991. The first-order valence-corrected chi connectivity index (χ1v) is 11.8. The lowest BCUT2D eigenvalue weighted by Crippen LogP contribution is -2.51. The maximum Gasteiger partial charge on any atom is 0.234 e. The number of piperazine rings is 1. The number of hydroxylamine groups is 2. The van der Waals surface area contributed by atoms with E-state index in [1.165, 1.54) is 4.31 Å². The molecular weight excluding hydrogens is 414 g/mol. The second kappa shape index (κ2) is 11.4. The summed E-state index contributed by atoms with van der Waals surface area (Å²) < 4.78 is 27.0. The topological polar surface area (TPSA) is 81.2 Å². The molecule has 2 rings (SSSR count). The summed E-state index contributed by atoms with van der Waals surface area (Å²) in [6.07, 6.45) is 3.80. The van der Waals surface area contributed by atoms with Gasteiger partial charge in [0.25, 0.3) is 0 Å². The third-order valence-electron chi connectivity index (χ3n) is 4.79. The molecule has 1 heterocycles. The van der Waals surface area contributed by atoms with Crippen molar-refractivity contribution in [2.45, 2.75) is 38.6 Å². The molecule has 0 radical (unpaired) electrons. The van der Waals surface area contributed by atoms with Gasteiger partial charge in [0.2, 0.25) is 16.4 Å². The molecule has 1 aromatic carbocycles. The Morgan fingerprint density at radius 1 is 1.21 bits per heavy atom. The average molecular weight is 442 g/mol. The van der Waals surface area contributed by atoms with Crippen molar-refractivity contribution < 1.29 is 18.4 Å². The van der Waals surface area contributed by atoms with Gasteiger partial charge in [-0.15, -0.1) is 5.92 Å². The summed E-state index contributed by atoms with van der Waals surface area (Å²) in [6.45, 7) is 3.83. The largest absolute Gasteiger partial charge is 0.369 e. The third kappa shape index (κ3) is 7.19. The highest BCUT2D eigenvalue weighted by molar-refractivity contribution is 7.89. The Hall–Kier alpha value is -1.79. The van der Waals surface area contributed by atoms with Crippen LogP contribution in [0.25, 0.3) is 0 Å². The number of anilines is 1. The van der Waals surface area contributed by atoms with Crippen LogP contribution in [0.2, 0.25) is 5.02 Å². The smallest absolute Gasteiger partial charge is 0.234 e. The second-order valence-electron chi connectivity index (χ2n) is 6.92. The Labute approximate surface area is 178 Å². The molecule has 0 saturated carbocycles. The second-order valence-corrected chi connectivity index (χ2v) is 9.37. The molecule has 0 bridgehead atoms. The molecule has 1 aromatic rings. The van der Waals surface area contributed by atoms with Crippen molar-refractivity contribution in [2.75, 3.05) is 36.8 Å². The zero-order valence-corrected chi connectivity index (χ0v) is 18.2. The van der Waals surface area contributed by atoms with Crippen molar-refractivity contribution in [1.29, 1.82) is 0 Å². The van der Waals surface area contributed by atoms with Crippen molar-refractivity contribution in [3.05, 3.63) is 29.3 Å². The minimum atomic E-state index is -3.67. The molecule has 0 aromatic heterocycles. The van der Waals surface area contributed by atoms with E-state index in [0.717, 1.165) is 24.9 Å². The van der Waals surface area contributed by atoms with Crippen molar-refractivity contribution in [3.63, 3.8) is 0 Å². The van der Waals surface area contributed by atoms with Crippen molar-refractivity contribution in [2.24, 2.45) is 0 Å². The number of carbonyl (C=O) groups excluding carboxylic acids is 1. The van der Waals surface area contributed by atoms with Gasteiger partial charge < -0.3 is 4.90 Å². The number of benzene rings is 1. The number of sulfonamides is 1. The lowest BCUT2D eigenvalue weighted by Gasteiger charge is -2.36. The molecule has 1 unspecified atom stereocenters. The van der Waals surface area contributed by atoms with Crippen LogP contribution in [0.4, 0.5) is 5.69 Å². The van der Waals surface area contributed by atoms with Crippen LogP contribution in [0, 0.1) is 11.8 Å². The molecule has 1 aliphatic rings. The Kier molecular flexibility index (Phi) is 9.24. The van der Waals surface area contributed by atoms with E-state index in [1.807, 2.05) is 12.1 Å². The number of hydrogen-bond acceptors (Lipinski definition) is 5. The van der Waals surface area contributed by atoms with Crippen LogP contribution >= 0.6 is 11.6 Å². The zero-order valence-electron chi connectivity index (χ0n) is 16.6. The molecule has 1 fully saturated rings. The van der Waals surface area contributed by atoms with Gasteiger partial charge >= 0.3 is 0 Å². The van der Waals surface area contributed by atoms with Crippen LogP contribution in [0.3, 0.4) is 0 Å². The van der Waals surface area contributed by atoms with Crippen LogP contribution in [-0.2, 0) is 14.8 Å². The summed E-state index contributed by atoms with van der Waals surface area (Å²) in [5.74, 6) is 5.19. The normalized spacial score (nSPS) is 16.0. The molecule has 0 spiro atoms. The summed E-state index contributed by atoms with van der Waals surface area (Å²) in [7, 11) is -3.67. The highest BCUT2D eigenvalue weighted by Crippen LogP contribution is 2.20. The Morgan fingerprint density at radius 2 is 1.86 bits per heavy atom. The van der Waals surface area contributed by atoms with Gasteiger partial charge in [-0.2, -0.15) is 4.31 Å². The van der Waals surface area contributed by atoms with E-state index in [4.69, 9.17) is 11.6 Å². The molecule has 1 amide bonds. The standard InChI is InChI=1S/C20H28ClN3O4S/c1-2-3-4-5-6-7-20(24(26)17-25)16-29(27,28)23-14-12-22(13-15-23)19-10-8-18(21)9-11-19/h8-11,17,20,26H,2-5,12-16H2,1H3. The molecule has 9 heteroatoms. The number of halogens is 1. The van der Waals surface area contributed by atoms with Gasteiger partial charge in [-0.25, -0.2) is 13.5 Å². The van der Waals surface area contributed by atoms with E-state index >= 15 is 0 Å². The Morgan fingerprint density at radius 3 is 2.45 bits per heavy atom. The van der Waals surface area contributed by atoms with Crippen LogP contribution in [0.5, 0.6) is 0 Å². The quantitative estimate of drug-likeness (QED) is 0.209. The van der Waals surface area contributed by atoms with Gasteiger partial charge in [-0.3, -0.25) is 10.0 Å². The Bertz CT molecular complexity index is 812. The van der Waals surface area contributed by atoms with Crippen molar-refractivity contribution in [3.8, 4) is 11.8 Å². The fourth-order valence-electron chi connectivity index (χ4n) is 3.09. The molecular formula is C20H28ClN3O4S. The molecule has 7 nitrogen and oxygen atoms in total. The van der Waals surface area contributed by atoms with E-state index in [0.29, 0.717) is 42.7 Å². The number of amides is 1. The van der Waals surface area contributed by atoms with Gasteiger partial charge in [0.05, 0.1) is 5.75 Å². The predicted octanol–water partition coefficient (Wildman–Crippen LogP) is 2.59. The fourth-order valence-corrected chi connectivity index (χ4v) is 4.78. The van der Waals surface area contributed by atoms with E-state index in [-0.39, 0.29) is 6.41 Å². The monoisotopic (exact) mass is 441 g/mol. The van der Waals surface area contributed by atoms with E-state index in [1.54, 1.807) is 12.1 Å². The van der Waals surface area contributed by atoms with Crippen LogP contribution in [0.1, 0.15) is 32.6 Å². The van der Waals surface area contributed by atoms with E-state index in [9.17, 15) is 18.4 Å². The highest BCUT2D eigenvalue weighted by Gasteiger charge is 2.31. The molecule has 1 aliphatic heterocycles. The maximum atomic E-state index is 12.8. The van der Waals surface area contributed by atoms with Crippen LogP contribution in [0.15, 0.2) is 24.3 Å². The molecule has 1 saturated heterocycles. The minimum absolute atomic E-state index is 0.194. The van der Waals surface area contributed by atoms with Gasteiger partial charge in [0.1, 0.15) is 6.04 Å². The first kappa shape index (κ1) is 23.5. The summed E-state index contributed by atoms with van der Waals surface area (Å²) in [5, 5.41) is 10.8. The maximum absolute atomic E-state index is 12.8.